The molecule has 10 aromatic carbocycles. The van der Waals surface area contributed by atoms with Crippen molar-refractivity contribution in [1.29, 1.82) is 0 Å². The van der Waals surface area contributed by atoms with Gasteiger partial charge in [0.15, 0.2) is 0 Å². The van der Waals surface area contributed by atoms with E-state index in [9.17, 15) is 0 Å². The van der Waals surface area contributed by atoms with E-state index in [1.807, 2.05) is 0 Å². The minimum absolute atomic E-state index is 0.136. The van der Waals surface area contributed by atoms with Gasteiger partial charge < -0.3 is 4.90 Å². The third-order valence-electron chi connectivity index (χ3n) is 15.5. The lowest BCUT2D eigenvalue weighted by molar-refractivity contribution is 0.660. The predicted octanol–water partition coefficient (Wildman–Crippen LogP) is 17.0. The number of hydrogen-bond donors (Lipinski definition) is 0. The predicted molar refractivity (Wildman–Crippen MR) is 276 cm³/mol. The summed E-state index contributed by atoms with van der Waals surface area (Å²) in [5.41, 5.74) is 23.6. The molecule has 0 saturated carbocycles. The standard InChI is InChI=1S/C65H49N/c1-63(2)56-30-15-13-27-51(56)53-35-33-48(40-59(53)63)66(49-34-36-54-52-28-14-16-31-57(52)64(3,4)60(54)41-49)47-26-17-21-44(37-47)50-29-18-32-58-62(50)55-38-42-19-11-12-20-43(42)39-61(55)65(58,45-22-7-5-8-23-45)46-24-9-6-10-25-46/h5-41H,1-4H3. The molecule has 0 unspecified atom stereocenters. The summed E-state index contributed by atoms with van der Waals surface area (Å²) in [7, 11) is 0. The molecule has 0 N–H and O–H groups in total. The topological polar surface area (TPSA) is 3.24 Å². The number of fused-ring (bicyclic) bond motifs is 10. The maximum atomic E-state index is 2.51. The number of benzene rings is 10. The molecule has 314 valence electrons. The molecule has 0 amide bonds. The Morgan fingerprint density at radius 2 is 0.742 bits per heavy atom. The van der Waals surface area contributed by atoms with Gasteiger partial charge in [0.25, 0.3) is 0 Å². The van der Waals surface area contributed by atoms with Gasteiger partial charge in [-0.2, -0.15) is 0 Å². The summed E-state index contributed by atoms with van der Waals surface area (Å²) < 4.78 is 0. The van der Waals surface area contributed by atoms with Crippen LogP contribution in [0.5, 0.6) is 0 Å². The summed E-state index contributed by atoms with van der Waals surface area (Å²) in [5, 5.41) is 2.50. The lowest BCUT2D eigenvalue weighted by Gasteiger charge is -2.34. The fourth-order valence-corrected chi connectivity index (χ4v) is 12.4. The molecule has 13 rings (SSSR count). The van der Waals surface area contributed by atoms with Crippen molar-refractivity contribution in [2.24, 2.45) is 0 Å². The Morgan fingerprint density at radius 1 is 0.288 bits per heavy atom. The Balaban J connectivity index is 1.04. The molecule has 3 aliphatic rings. The van der Waals surface area contributed by atoms with Gasteiger partial charge in [-0.05, 0) is 148 Å². The van der Waals surface area contributed by atoms with E-state index in [-0.39, 0.29) is 10.8 Å². The minimum Gasteiger partial charge on any atom is -0.310 e. The van der Waals surface area contributed by atoms with Gasteiger partial charge >= 0.3 is 0 Å². The van der Waals surface area contributed by atoms with Crippen molar-refractivity contribution in [2.45, 2.75) is 43.9 Å². The van der Waals surface area contributed by atoms with Gasteiger partial charge in [-0.3, -0.25) is 0 Å². The summed E-state index contributed by atoms with van der Waals surface area (Å²) >= 11 is 0. The van der Waals surface area contributed by atoms with Gasteiger partial charge in [0.05, 0.1) is 5.41 Å². The van der Waals surface area contributed by atoms with Crippen molar-refractivity contribution >= 4 is 27.8 Å². The Kier molecular flexibility index (Phi) is 8.28. The van der Waals surface area contributed by atoms with Crippen LogP contribution in [-0.4, -0.2) is 0 Å². The molecule has 0 radical (unpaired) electrons. The van der Waals surface area contributed by atoms with E-state index >= 15 is 0 Å². The van der Waals surface area contributed by atoms with Crippen LogP contribution in [0.2, 0.25) is 0 Å². The molecular weight excluding hydrogens is 795 g/mol. The van der Waals surface area contributed by atoms with E-state index in [0.717, 1.165) is 17.1 Å². The van der Waals surface area contributed by atoms with Gasteiger partial charge in [-0.25, -0.2) is 0 Å². The van der Waals surface area contributed by atoms with Gasteiger partial charge in [0.2, 0.25) is 0 Å². The Morgan fingerprint density at radius 3 is 1.33 bits per heavy atom. The fraction of sp³-hybridized carbons (Fsp3) is 0.108. The van der Waals surface area contributed by atoms with Crippen molar-refractivity contribution in [3.63, 3.8) is 0 Å². The first-order valence-electron chi connectivity index (χ1n) is 23.4. The van der Waals surface area contributed by atoms with Crippen molar-refractivity contribution in [2.75, 3.05) is 4.90 Å². The van der Waals surface area contributed by atoms with Crippen molar-refractivity contribution in [1.82, 2.24) is 0 Å². The Bertz CT molecular complexity index is 3450. The highest BCUT2D eigenvalue weighted by Crippen LogP contribution is 2.60. The fourth-order valence-electron chi connectivity index (χ4n) is 12.4. The SMILES string of the molecule is CC1(C)c2ccccc2-c2ccc(N(c3cccc(-c4cccc5c4-c4cc6ccccc6cc4C5(c4ccccc4)c4ccccc4)c3)c3ccc4c(c3)C(C)(C)c3ccccc3-4)cc21. The van der Waals surface area contributed by atoms with Crippen molar-refractivity contribution in [3.8, 4) is 44.5 Å². The lowest BCUT2D eigenvalue weighted by atomic mass is 9.67. The monoisotopic (exact) mass is 843 g/mol. The van der Waals surface area contributed by atoms with Gasteiger partial charge in [-0.1, -0.05) is 204 Å². The van der Waals surface area contributed by atoms with E-state index in [2.05, 4.69) is 257 Å². The van der Waals surface area contributed by atoms with Crippen LogP contribution in [0.15, 0.2) is 224 Å². The lowest BCUT2D eigenvalue weighted by Crippen LogP contribution is -2.28. The molecular formula is C65H49N. The van der Waals surface area contributed by atoms with E-state index in [1.165, 1.54) is 99.8 Å². The molecule has 0 spiro atoms. The van der Waals surface area contributed by atoms with Crippen LogP contribution in [0.1, 0.15) is 72.2 Å². The molecule has 0 aromatic heterocycles. The van der Waals surface area contributed by atoms with E-state index in [1.54, 1.807) is 0 Å². The van der Waals surface area contributed by atoms with E-state index in [4.69, 9.17) is 0 Å². The first-order chi connectivity index (χ1) is 32.2. The van der Waals surface area contributed by atoms with Gasteiger partial charge in [0.1, 0.15) is 0 Å². The summed E-state index contributed by atoms with van der Waals surface area (Å²) in [6.45, 7) is 9.51. The highest BCUT2D eigenvalue weighted by Gasteiger charge is 2.47. The molecule has 1 heteroatoms. The van der Waals surface area contributed by atoms with Crippen LogP contribution in [0.25, 0.3) is 55.3 Å². The average Bonchev–Trinajstić information content (AvgIpc) is 3.88. The third-order valence-corrected chi connectivity index (χ3v) is 15.5. The van der Waals surface area contributed by atoms with E-state index in [0.29, 0.717) is 0 Å². The van der Waals surface area contributed by atoms with Crippen molar-refractivity contribution < 1.29 is 0 Å². The van der Waals surface area contributed by atoms with Crippen LogP contribution in [0.4, 0.5) is 17.1 Å². The zero-order valence-electron chi connectivity index (χ0n) is 37.8. The molecule has 0 fully saturated rings. The number of nitrogens with zero attached hydrogens (tertiary/aromatic N) is 1. The highest BCUT2D eigenvalue weighted by molar-refractivity contribution is 6.01. The van der Waals surface area contributed by atoms with Crippen LogP contribution < -0.4 is 4.90 Å². The summed E-state index contributed by atoms with van der Waals surface area (Å²) in [6, 6.07) is 84.6. The zero-order chi connectivity index (χ0) is 44.4. The Labute approximate surface area is 388 Å². The van der Waals surface area contributed by atoms with Crippen LogP contribution in [0.3, 0.4) is 0 Å². The summed E-state index contributed by atoms with van der Waals surface area (Å²) in [4.78, 5) is 2.51. The number of hydrogen-bond acceptors (Lipinski definition) is 1. The quantitative estimate of drug-likeness (QED) is 0.161. The number of rotatable bonds is 6. The molecule has 66 heavy (non-hydrogen) atoms. The van der Waals surface area contributed by atoms with Crippen LogP contribution in [0, 0.1) is 0 Å². The molecule has 0 heterocycles. The largest absolute Gasteiger partial charge is 0.310 e. The zero-order valence-corrected chi connectivity index (χ0v) is 37.8. The van der Waals surface area contributed by atoms with E-state index < -0.39 is 5.41 Å². The molecule has 0 bridgehead atoms. The first-order valence-corrected chi connectivity index (χ1v) is 23.4. The summed E-state index contributed by atoms with van der Waals surface area (Å²) in [5.74, 6) is 0. The van der Waals surface area contributed by atoms with Crippen molar-refractivity contribution in [3.05, 3.63) is 269 Å². The molecule has 0 atom stereocenters. The average molecular weight is 844 g/mol. The molecule has 0 saturated heterocycles. The first kappa shape index (κ1) is 38.7. The summed E-state index contributed by atoms with van der Waals surface area (Å²) in [6.07, 6.45) is 0. The molecule has 1 nitrogen and oxygen atoms in total. The highest BCUT2D eigenvalue weighted by atomic mass is 15.1. The number of anilines is 3. The maximum absolute atomic E-state index is 2.51. The molecule has 0 aliphatic heterocycles. The Hall–Kier alpha value is -7.74. The third kappa shape index (κ3) is 5.35. The minimum atomic E-state index is -0.513. The van der Waals surface area contributed by atoms with Crippen LogP contribution in [-0.2, 0) is 16.2 Å². The van der Waals surface area contributed by atoms with Crippen LogP contribution >= 0.6 is 0 Å². The molecule has 10 aromatic rings. The molecule has 3 aliphatic carbocycles. The maximum Gasteiger partial charge on any atom is 0.0714 e. The second-order valence-corrected chi connectivity index (χ2v) is 19.6. The normalized spacial score (nSPS) is 15.0. The second kappa shape index (κ2) is 14.1. The second-order valence-electron chi connectivity index (χ2n) is 19.6. The van der Waals surface area contributed by atoms with Gasteiger partial charge in [-0.15, -0.1) is 0 Å². The van der Waals surface area contributed by atoms with Gasteiger partial charge in [0, 0.05) is 27.9 Å². The smallest absolute Gasteiger partial charge is 0.0714 e.